The summed E-state index contributed by atoms with van der Waals surface area (Å²) in [4.78, 5) is 42.1. The lowest BCUT2D eigenvalue weighted by Crippen LogP contribution is -2.46. The molecule has 2 rings (SSSR count). The van der Waals surface area contributed by atoms with Gasteiger partial charge in [0.05, 0.1) is 0 Å². The third-order valence-electron chi connectivity index (χ3n) is 5.26. The van der Waals surface area contributed by atoms with E-state index < -0.39 is 23.3 Å². The smallest absolute Gasteiger partial charge is 0.330 e. The van der Waals surface area contributed by atoms with E-state index in [2.05, 4.69) is 4.98 Å². The van der Waals surface area contributed by atoms with Gasteiger partial charge in [0.1, 0.15) is 11.6 Å². The molecule has 0 bridgehead atoms. The first kappa shape index (κ1) is 25.5. The standard InChI is InChI=1S/C23H33ClN4O4/c1-5-7-9-13-27(19-20(25)28(12-8-6-2)23(31)26-21(19)29)22(30)16(4)32-18-11-10-17(24)14-15(18)3/h10-11,14,16H,5-9,12-13,25H2,1-4H3,(H,26,29,31). The molecule has 0 fully saturated rings. The molecule has 0 saturated heterocycles. The number of nitrogens with two attached hydrogens (primary N) is 1. The Kier molecular flexibility index (Phi) is 9.38. The number of amides is 1. The van der Waals surface area contributed by atoms with Gasteiger partial charge in [-0.1, -0.05) is 44.7 Å². The quantitative estimate of drug-likeness (QED) is 0.490. The molecule has 1 heterocycles. The second kappa shape index (κ2) is 11.8. The highest BCUT2D eigenvalue weighted by molar-refractivity contribution is 6.30. The van der Waals surface area contributed by atoms with Gasteiger partial charge in [0, 0.05) is 18.1 Å². The fourth-order valence-corrected chi connectivity index (χ4v) is 3.66. The monoisotopic (exact) mass is 464 g/mol. The van der Waals surface area contributed by atoms with E-state index in [1.807, 2.05) is 20.8 Å². The molecule has 8 nitrogen and oxygen atoms in total. The Labute approximate surface area is 193 Å². The van der Waals surface area contributed by atoms with E-state index in [-0.39, 0.29) is 11.5 Å². The average Bonchev–Trinajstić information content (AvgIpc) is 2.73. The summed E-state index contributed by atoms with van der Waals surface area (Å²) in [5.74, 6) is 0.110. The van der Waals surface area contributed by atoms with E-state index in [9.17, 15) is 14.4 Å². The van der Waals surface area contributed by atoms with Crippen molar-refractivity contribution in [2.45, 2.75) is 72.4 Å². The number of aromatic amines is 1. The number of nitrogens with one attached hydrogen (secondary N) is 1. The lowest BCUT2D eigenvalue weighted by Gasteiger charge is -2.27. The molecular weight excluding hydrogens is 432 g/mol. The minimum Gasteiger partial charge on any atom is -0.481 e. The van der Waals surface area contributed by atoms with Crippen LogP contribution in [0.15, 0.2) is 27.8 Å². The molecule has 0 aliphatic rings. The molecule has 1 unspecified atom stereocenters. The number of aryl methyl sites for hydroxylation is 1. The van der Waals surface area contributed by atoms with Crippen molar-refractivity contribution in [3.05, 3.63) is 49.6 Å². The molecular formula is C23H33ClN4O4. The van der Waals surface area contributed by atoms with Gasteiger partial charge in [-0.05, 0) is 50.5 Å². The minimum atomic E-state index is -0.883. The lowest BCUT2D eigenvalue weighted by molar-refractivity contribution is -0.124. The molecule has 9 heteroatoms. The Balaban J connectivity index is 2.43. The molecule has 32 heavy (non-hydrogen) atoms. The van der Waals surface area contributed by atoms with Crippen molar-refractivity contribution in [2.24, 2.45) is 0 Å². The zero-order valence-corrected chi connectivity index (χ0v) is 20.0. The highest BCUT2D eigenvalue weighted by Gasteiger charge is 2.28. The number of carbonyl (C=O) groups is 1. The molecule has 1 atom stereocenters. The molecule has 0 aliphatic carbocycles. The molecule has 0 spiro atoms. The molecule has 0 radical (unpaired) electrons. The topological polar surface area (TPSA) is 110 Å². The predicted octanol–water partition coefficient (Wildman–Crippen LogP) is 3.87. The van der Waals surface area contributed by atoms with E-state index in [4.69, 9.17) is 22.1 Å². The Morgan fingerprint density at radius 2 is 1.91 bits per heavy atom. The van der Waals surface area contributed by atoms with E-state index in [1.165, 1.54) is 9.47 Å². The molecule has 3 N–H and O–H groups in total. The van der Waals surface area contributed by atoms with Crippen LogP contribution < -0.4 is 26.6 Å². The van der Waals surface area contributed by atoms with Crippen molar-refractivity contribution >= 4 is 29.0 Å². The fraction of sp³-hybridized carbons (Fsp3) is 0.522. The average molecular weight is 465 g/mol. The third kappa shape index (κ3) is 6.16. The van der Waals surface area contributed by atoms with Crippen LogP contribution in [-0.2, 0) is 11.3 Å². The maximum atomic E-state index is 13.4. The SMILES string of the molecule is CCCCCN(C(=O)C(C)Oc1ccc(Cl)cc1C)c1c(N)n(CCCC)c(=O)[nH]c1=O. The Hall–Kier alpha value is -2.74. The number of hydrogen-bond acceptors (Lipinski definition) is 5. The second-order valence-corrected chi connectivity index (χ2v) is 8.30. The second-order valence-electron chi connectivity index (χ2n) is 7.87. The minimum absolute atomic E-state index is 0.00748. The number of nitrogen functional groups attached to an aromatic ring is 1. The van der Waals surface area contributed by atoms with Crippen LogP contribution in [0.25, 0.3) is 0 Å². The number of hydrogen-bond donors (Lipinski definition) is 2. The van der Waals surface area contributed by atoms with Crippen molar-refractivity contribution in [1.82, 2.24) is 9.55 Å². The lowest BCUT2D eigenvalue weighted by atomic mass is 10.2. The first-order chi connectivity index (χ1) is 15.2. The summed E-state index contributed by atoms with van der Waals surface area (Å²) in [6.07, 6.45) is 3.19. The summed E-state index contributed by atoms with van der Waals surface area (Å²) in [6.45, 7) is 8.15. The van der Waals surface area contributed by atoms with Crippen LogP contribution in [0.1, 0.15) is 58.4 Å². The molecule has 0 aliphatic heterocycles. The number of anilines is 2. The summed E-state index contributed by atoms with van der Waals surface area (Å²) in [7, 11) is 0. The number of unbranched alkanes of at least 4 members (excludes halogenated alkanes) is 3. The summed E-state index contributed by atoms with van der Waals surface area (Å²) in [6, 6.07) is 5.14. The maximum Gasteiger partial charge on any atom is 0.330 e. The number of rotatable bonds is 11. The largest absolute Gasteiger partial charge is 0.481 e. The first-order valence-corrected chi connectivity index (χ1v) is 11.5. The zero-order chi connectivity index (χ0) is 23.8. The van der Waals surface area contributed by atoms with Crippen molar-refractivity contribution < 1.29 is 9.53 Å². The van der Waals surface area contributed by atoms with Crippen molar-refractivity contribution in [3.63, 3.8) is 0 Å². The first-order valence-electron chi connectivity index (χ1n) is 11.1. The highest BCUT2D eigenvalue weighted by Crippen LogP contribution is 2.25. The van der Waals surface area contributed by atoms with E-state index in [0.717, 1.165) is 24.8 Å². The maximum absolute atomic E-state index is 13.4. The van der Waals surface area contributed by atoms with Crippen LogP contribution >= 0.6 is 11.6 Å². The Morgan fingerprint density at radius 1 is 1.22 bits per heavy atom. The fourth-order valence-electron chi connectivity index (χ4n) is 3.43. The number of halogens is 1. The summed E-state index contributed by atoms with van der Waals surface area (Å²) >= 11 is 6.01. The van der Waals surface area contributed by atoms with E-state index in [0.29, 0.717) is 36.7 Å². The van der Waals surface area contributed by atoms with Crippen molar-refractivity contribution in [2.75, 3.05) is 17.2 Å². The Bertz CT molecular complexity index is 1050. The number of aromatic nitrogens is 2. The molecule has 1 amide bonds. The van der Waals surface area contributed by atoms with Gasteiger partial charge in [-0.25, -0.2) is 4.79 Å². The normalized spacial score (nSPS) is 11.9. The molecule has 1 aromatic heterocycles. The van der Waals surface area contributed by atoms with Gasteiger partial charge in [0.2, 0.25) is 0 Å². The summed E-state index contributed by atoms with van der Waals surface area (Å²) < 4.78 is 7.21. The highest BCUT2D eigenvalue weighted by atomic mass is 35.5. The molecule has 2 aromatic rings. The van der Waals surface area contributed by atoms with Gasteiger partial charge in [-0.2, -0.15) is 0 Å². The third-order valence-corrected chi connectivity index (χ3v) is 5.49. The molecule has 1 aromatic carbocycles. The van der Waals surface area contributed by atoms with Crippen molar-refractivity contribution in [3.8, 4) is 5.75 Å². The molecule has 0 saturated carbocycles. The number of nitrogens with zero attached hydrogens (tertiary/aromatic N) is 2. The number of H-pyrrole nitrogens is 1. The molecule has 176 valence electrons. The zero-order valence-electron chi connectivity index (χ0n) is 19.2. The van der Waals surface area contributed by atoms with Crippen LogP contribution in [0.2, 0.25) is 5.02 Å². The van der Waals surface area contributed by atoms with Crippen molar-refractivity contribution in [1.29, 1.82) is 0 Å². The van der Waals surface area contributed by atoms with E-state index in [1.54, 1.807) is 25.1 Å². The van der Waals surface area contributed by atoms with Crippen LogP contribution in [0.3, 0.4) is 0 Å². The number of carbonyl (C=O) groups excluding carboxylic acids is 1. The van der Waals surface area contributed by atoms with Gasteiger partial charge in [0.15, 0.2) is 11.8 Å². The van der Waals surface area contributed by atoms with Crippen LogP contribution in [-0.4, -0.2) is 28.1 Å². The Morgan fingerprint density at radius 3 is 2.53 bits per heavy atom. The summed E-state index contributed by atoms with van der Waals surface area (Å²) in [5, 5.41) is 0.573. The van der Waals surface area contributed by atoms with Crippen LogP contribution in [0.4, 0.5) is 11.5 Å². The number of ether oxygens (including phenoxy) is 1. The van der Waals surface area contributed by atoms with Crippen LogP contribution in [0.5, 0.6) is 5.75 Å². The van der Waals surface area contributed by atoms with Gasteiger partial charge in [-0.15, -0.1) is 0 Å². The van der Waals surface area contributed by atoms with Gasteiger partial charge in [0.25, 0.3) is 11.5 Å². The van der Waals surface area contributed by atoms with Gasteiger partial charge < -0.3 is 15.4 Å². The van der Waals surface area contributed by atoms with Crippen LogP contribution in [0, 0.1) is 6.92 Å². The van der Waals surface area contributed by atoms with E-state index >= 15 is 0 Å². The number of benzene rings is 1. The van der Waals surface area contributed by atoms with Gasteiger partial charge in [-0.3, -0.25) is 19.1 Å². The predicted molar refractivity (Wildman–Crippen MR) is 129 cm³/mol. The summed E-state index contributed by atoms with van der Waals surface area (Å²) in [5.41, 5.74) is 5.78. The van der Waals surface area contributed by atoms with Gasteiger partial charge >= 0.3 is 5.69 Å².